The summed E-state index contributed by atoms with van der Waals surface area (Å²) in [7, 11) is -3.53. The predicted molar refractivity (Wildman–Crippen MR) is 99.9 cm³/mol. The zero-order valence-corrected chi connectivity index (χ0v) is 15.0. The molecule has 0 amide bonds. The van der Waals surface area contributed by atoms with E-state index in [0.717, 1.165) is 22.0 Å². The lowest BCUT2D eigenvalue weighted by Gasteiger charge is -2.08. The molecule has 0 spiro atoms. The number of aromatic nitrogens is 1. The molecular weight excluding hydrogens is 336 g/mol. The van der Waals surface area contributed by atoms with Crippen molar-refractivity contribution in [2.45, 2.75) is 26.1 Å². The first kappa shape index (κ1) is 17.4. The lowest BCUT2D eigenvalue weighted by atomic mass is 10.1. The second-order valence-corrected chi connectivity index (χ2v) is 8.09. The van der Waals surface area contributed by atoms with Gasteiger partial charge in [0.05, 0.1) is 5.75 Å². The van der Waals surface area contributed by atoms with Gasteiger partial charge in [-0.1, -0.05) is 42.0 Å². The largest absolute Gasteiger partial charge is 0.322 e. The molecule has 0 saturated carbocycles. The fourth-order valence-electron chi connectivity index (χ4n) is 2.63. The number of hydrogen-bond acceptors (Lipinski definition) is 3. The second kappa shape index (κ2) is 6.82. The quantitative estimate of drug-likeness (QED) is 0.738. The maximum Gasteiger partial charge on any atom is 0.252 e. The Morgan fingerprint density at radius 3 is 2.36 bits per heavy atom. The van der Waals surface area contributed by atoms with Crippen molar-refractivity contribution in [1.82, 2.24) is 9.71 Å². The molecular formula is C19H20N2O3S. The summed E-state index contributed by atoms with van der Waals surface area (Å²) in [5, 5.41) is 0.873. The molecule has 3 rings (SSSR count). The minimum atomic E-state index is -3.53. The Morgan fingerprint density at radius 1 is 0.960 bits per heavy atom. The molecule has 1 heterocycles. The van der Waals surface area contributed by atoms with Crippen LogP contribution in [0, 0.1) is 13.8 Å². The molecule has 0 aliphatic carbocycles. The van der Waals surface area contributed by atoms with Crippen LogP contribution in [-0.2, 0) is 22.3 Å². The van der Waals surface area contributed by atoms with Crippen LogP contribution in [0.2, 0.25) is 0 Å². The second-order valence-electron chi connectivity index (χ2n) is 6.28. The van der Waals surface area contributed by atoms with E-state index in [1.807, 2.05) is 44.2 Å². The highest BCUT2D eigenvalue weighted by Crippen LogP contribution is 2.13. The highest BCUT2D eigenvalue weighted by atomic mass is 32.2. The summed E-state index contributed by atoms with van der Waals surface area (Å²) in [6.45, 7) is 3.86. The Bertz CT molecular complexity index is 1070. The van der Waals surface area contributed by atoms with E-state index in [2.05, 4.69) is 9.71 Å². The Morgan fingerprint density at radius 2 is 1.64 bits per heavy atom. The molecule has 0 fully saturated rings. The molecule has 3 aromatic rings. The van der Waals surface area contributed by atoms with E-state index in [1.165, 1.54) is 0 Å². The fraction of sp³-hybridized carbons (Fsp3) is 0.211. The molecule has 0 atom stereocenters. The van der Waals surface area contributed by atoms with Gasteiger partial charge in [0.1, 0.15) is 0 Å². The van der Waals surface area contributed by atoms with Crippen molar-refractivity contribution < 1.29 is 8.42 Å². The number of pyridine rings is 1. The third-order valence-electron chi connectivity index (χ3n) is 4.04. The zero-order valence-electron chi connectivity index (χ0n) is 14.2. The number of nitrogens with one attached hydrogen (secondary N) is 2. The highest BCUT2D eigenvalue weighted by Gasteiger charge is 2.13. The first-order valence-electron chi connectivity index (χ1n) is 7.98. The molecule has 0 aliphatic heterocycles. The van der Waals surface area contributed by atoms with Gasteiger partial charge in [-0.25, -0.2) is 13.1 Å². The van der Waals surface area contributed by atoms with E-state index in [1.54, 1.807) is 18.2 Å². The van der Waals surface area contributed by atoms with Crippen LogP contribution < -0.4 is 10.3 Å². The number of benzene rings is 2. The van der Waals surface area contributed by atoms with E-state index in [-0.39, 0.29) is 17.9 Å². The predicted octanol–water partition coefficient (Wildman–Crippen LogP) is 2.76. The van der Waals surface area contributed by atoms with Gasteiger partial charge in [-0.05, 0) is 42.5 Å². The smallest absolute Gasteiger partial charge is 0.252 e. The average Bonchev–Trinajstić information content (AvgIpc) is 2.55. The van der Waals surface area contributed by atoms with Gasteiger partial charge in [-0.2, -0.15) is 0 Å². The van der Waals surface area contributed by atoms with Crippen molar-refractivity contribution in [2.75, 3.05) is 0 Å². The van der Waals surface area contributed by atoms with Crippen LogP contribution in [-0.4, -0.2) is 13.4 Å². The van der Waals surface area contributed by atoms with Crippen molar-refractivity contribution in [2.24, 2.45) is 0 Å². The van der Waals surface area contributed by atoms with Gasteiger partial charge in [0.15, 0.2) is 0 Å². The zero-order chi connectivity index (χ0) is 18.0. The van der Waals surface area contributed by atoms with Gasteiger partial charge in [0, 0.05) is 17.6 Å². The number of aryl methyl sites for hydroxylation is 2. The van der Waals surface area contributed by atoms with E-state index in [4.69, 9.17) is 0 Å². The van der Waals surface area contributed by atoms with Crippen molar-refractivity contribution >= 4 is 20.9 Å². The minimum absolute atomic E-state index is 0.0344. The first-order valence-corrected chi connectivity index (χ1v) is 9.63. The van der Waals surface area contributed by atoms with Crippen molar-refractivity contribution in [3.8, 4) is 0 Å². The summed E-state index contributed by atoms with van der Waals surface area (Å²) < 4.78 is 27.0. The summed E-state index contributed by atoms with van der Waals surface area (Å²) in [5.41, 5.74) is 3.69. The Balaban J connectivity index is 1.77. The van der Waals surface area contributed by atoms with Gasteiger partial charge in [-0.15, -0.1) is 0 Å². The molecule has 6 heteroatoms. The van der Waals surface area contributed by atoms with Gasteiger partial charge in [0.2, 0.25) is 10.0 Å². The van der Waals surface area contributed by atoms with Crippen LogP contribution in [0.4, 0.5) is 0 Å². The van der Waals surface area contributed by atoms with E-state index in [9.17, 15) is 13.2 Å². The average molecular weight is 356 g/mol. The summed E-state index contributed by atoms with van der Waals surface area (Å²) >= 11 is 0. The molecule has 2 N–H and O–H groups in total. The number of hydrogen-bond donors (Lipinski definition) is 2. The maximum atomic E-state index is 12.3. The van der Waals surface area contributed by atoms with Crippen LogP contribution in [0.1, 0.15) is 22.3 Å². The highest BCUT2D eigenvalue weighted by molar-refractivity contribution is 7.88. The SMILES string of the molecule is Cc1ccc(CS(=O)(=O)NCc2cc3ccc(C)cc3[nH]c2=O)cc1. The van der Waals surface area contributed by atoms with Crippen LogP contribution >= 0.6 is 0 Å². The summed E-state index contributed by atoms with van der Waals surface area (Å²) in [5.74, 6) is -0.113. The number of sulfonamides is 1. The van der Waals surface area contributed by atoms with E-state index in [0.29, 0.717) is 11.1 Å². The lowest BCUT2D eigenvalue weighted by molar-refractivity contribution is 0.580. The van der Waals surface area contributed by atoms with Crippen LogP contribution in [0.3, 0.4) is 0 Å². The van der Waals surface area contributed by atoms with Crippen molar-refractivity contribution in [3.05, 3.63) is 81.1 Å². The maximum absolute atomic E-state index is 12.3. The van der Waals surface area contributed by atoms with Gasteiger partial charge >= 0.3 is 0 Å². The molecule has 0 saturated heterocycles. The Kier molecular flexibility index (Phi) is 4.74. The minimum Gasteiger partial charge on any atom is -0.322 e. The van der Waals surface area contributed by atoms with Crippen LogP contribution in [0.5, 0.6) is 0 Å². The number of H-pyrrole nitrogens is 1. The number of fused-ring (bicyclic) bond motifs is 1. The summed E-state index contributed by atoms with van der Waals surface area (Å²) in [4.78, 5) is 15.0. The molecule has 2 aromatic carbocycles. The normalized spacial score (nSPS) is 11.8. The molecule has 25 heavy (non-hydrogen) atoms. The van der Waals surface area contributed by atoms with Crippen molar-refractivity contribution in [1.29, 1.82) is 0 Å². The monoisotopic (exact) mass is 356 g/mol. The fourth-order valence-corrected chi connectivity index (χ4v) is 3.74. The Hall–Kier alpha value is -2.44. The van der Waals surface area contributed by atoms with Gasteiger partial charge in [0.25, 0.3) is 5.56 Å². The van der Waals surface area contributed by atoms with Gasteiger partial charge < -0.3 is 4.98 Å². The summed E-state index contributed by atoms with van der Waals surface area (Å²) in [6.07, 6.45) is 0. The van der Waals surface area contributed by atoms with Crippen LogP contribution in [0.15, 0.2) is 53.3 Å². The standard InChI is InChI=1S/C19H20N2O3S/c1-13-3-6-15(7-4-13)12-25(23,24)20-11-17-10-16-8-5-14(2)9-18(16)21-19(17)22/h3-10,20H,11-12H2,1-2H3,(H,21,22). The number of aromatic amines is 1. The third-order valence-corrected chi connectivity index (χ3v) is 5.34. The van der Waals surface area contributed by atoms with E-state index >= 15 is 0 Å². The lowest BCUT2D eigenvalue weighted by Crippen LogP contribution is -2.28. The third kappa shape index (κ3) is 4.35. The molecule has 0 unspecified atom stereocenters. The number of rotatable bonds is 5. The topological polar surface area (TPSA) is 79.0 Å². The first-order chi connectivity index (χ1) is 11.8. The molecule has 130 valence electrons. The van der Waals surface area contributed by atoms with Crippen molar-refractivity contribution in [3.63, 3.8) is 0 Å². The van der Waals surface area contributed by atoms with Crippen LogP contribution in [0.25, 0.3) is 10.9 Å². The Labute approximate surface area is 146 Å². The molecule has 5 nitrogen and oxygen atoms in total. The molecule has 0 bridgehead atoms. The van der Waals surface area contributed by atoms with E-state index < -0.39 is 10.0 Å². The molecule has 0 aliphatic rings. The van der Waals surface area contributed by atoms with Gasteiger partial charge in [-0.3, -0.25) is 4.79 Å². The molecule has 0 radical (unpaired) electrons. The molecule has 1 aromatic heterocycles. The summed E-state index contributed by atoms with van der Waals surface area (Å²) in [6, 6.07) is 14.8.